The van der Waals surface area contributed by atoms with Crippen LogP contribution in [0, 0.1) is 0 Å². The largest absolute Gasteiger partial charge is 0.309 e. The van der Waals surface area contributed by atoms with Crippen molar-refractivity contribution in [3.63, 3.8) is 0 Å². The van der Waals surface area contributed by atoms with Crippen LogP contribution in [0.3, 0.4) is 0 Å². The Bertz CT molecular complexity index is 648. The summed E-state index contributed by atoms with van der Waals surface area (Å²) in [7, 11) is 0.685. The molecule has 1 atom stereocenters. The van der Waals surface area contributed by atoms with Gasteiger partial charge >= 0.3 is 0 Å². The van der Waals surface area contributed by atoms with E-state index in [1.165, 1.54) is 26.0 Å². The normalized spacial score (nSPS) is 19.8. The second-order valence-corrected chi connectivity index (χ2v) is 7.66. The first-order valence-electron chi connectivity index (χ1n) is 6.48. The molecule has 0 aromatic heterocycles. The Hall–Kier alpha value is -1.15. The van der Waals surface area contributed by atoms with E-state index in [2.05, 4.69) is 0 Å². The lowest BCUT2D eigenvalue weighted by Gasteiger charge is -2.26. The molecule has 0 unspecified atom stereocenters. The number of nitrogens with zero attached hydrogens (tertiary/aromatic N) is 3. The first-order valence-corrected chi connectivity index (χ1v) is 8.25. The van der Waals surface area contributed by atoms with Crippen molar-refractivity contribution in [2.75, 3.05) is 32.6 Å². The van der Waals surface area contributed by atoms with Gasteiger partial charge in [-0.15, -0.1) is 0 Å². The first kappa shape index (κ1) is 16.2. The molecule has 0 aliphatic carbocycles. The molecule has 0 spiro atoms. The highest BCUT2D eigenvalue weighted by atomic mass is 35.5. The van der Waals surface area contributed by atoms with E-state index in [0.29, 0.717) is 23.7 Å². The van der Waals surface area contributed by atoms with Gasteiger partial charge in [-0.05, 0) is 18.6 Å². The average molecular weight is 332 g/mol. The van der Waals surface area contributed by atoms with E-state index in [1.54, 1.807) is 24.3 Å². The van der Waals surface area contributed by atoms with Crippen molar-refractivity contribution >= 4 is 33.4 Å². The zero-order valence-corrected chi connectivity index (χ0v) is 13.7. The molecular formula is C13H18ClN3O3S. The van der Waals surface area contributed by atoms with Gasteiger partial charge in [0.25, 0.3) is 10.2 Å². The number of carbonyl (C=O) groups is 1. The van der Waals surface area contributed by atoms with Crippen LogP contribution in [0.5, 0.6) is 0 Å². The van der Waals surface area contributed by atoms with Crippen LogP contribution in [-0.4, -0.2) is 56.7 Å². The van der Waals surface area contributed by atoms with Crippen LogP contribution >= 0.6 is 11.6 Å². The number of para-hydroxylation sites is 1. The van der Waals surface area contributed by atoms with Gasteiger partial charge in [0.05, 0.1) is 10.7 Å². The number of rotatable bonds is 4. The topological polar surface area (TPSA) is 60.9 Å². The molecule has 1 aromatic carbocycles. The molecule has 1 aliphatic heterocycles. The fourth-order valence-corrected chi connectivity index (χ4v) is 3.60. The van der Waals surface area contributed by atoms with Crippen molar-refractivity contribution in [1.82, 2.24) is 8.61 Å². The van der Waals surface area contributed by atoms with Crippen molar-refractivity contribution in [3.8, 4) is 0 Å². The number of amides is 1. The summed E-state index contributed by atoms with van der Waals surface area (Å²) >= 11 is 6.10. The van der Waals surface area contributed by atoms with Crippen LogP contribution in [0.25, 0.3) is 0 Å². The molecule has 1 heterocycles. The maximum absolute atomic E-state index is 12.5. The maximum atomic E-state index is 12.5. The molecule has 21 heavy (non-hydrogen) atoms. The van der Waals surface area contributed by atoms with E-state index in [1.807, 2.05) is 0 Å². The molecule has 1 aromatic rings. The van der Waals surface area contributed by atoms with E-state index in [9.17, 15) is 13.2 Å². The van der Waals surface area contributed by atoms with Gasteiger partial charge in [0.1, 0.15) is 6.04 Å². The standard InChI is InChI=1S/C13H18ClN3O3S/c1-15(2)21(19,20)16(3)12-8-9-17(13(12)18)11-7-5-4-6-10(11)14/h4-7,12H,8-9H2,1-3H3/t12-/m1/s1. The fourth-order valence-electron chi connectivity index (χ4n) is 2.33. The Morgan fingerprint density at radius 2 is 1.86 bits per heavy atom. The van der Waals surface area contributed by atoms with Gasteiger partial charge in [-0.25, -0.2) is 0 Å². The quantitative estimate of drug-likeness (QED) is 0.832. The monoisotopic (exact) mass is 331 g/mol. The highest BCUT2D eigenvalue weighted by molar-refractivity contribution is 7.86. The third-order valence-corrected chi connectivity index (χ3v) is 5.81. The Labute approximate surface area is 130 Å². The van der Waals surface area contributed by atoms with Crippen molar-refractivity contribution in [1.29, 1.82) is 0 Å². The minimum absolute atomic E-state index is 0.254. The van der Waals surface area contributed by atoms with Crippen LogP contribution in [0.4, 0.5) is 5.69 Å². The lowest BCUT2D eigenvalue weighted by molar-refractivity contribution is -0.120. The third-order valence-electron chi connectivity index (χ3n) is 3.58. The number of hydrogen-bond donors (Lipinski definition) is 0. The number of halogens is 1. The van der Waals surface area contributed by atoms with E-state index < -0.39 is 16.3 Å². The minimum atomic E-state index is -3.62. The summed E-state index contributed by atoms with van der Waals surface area (Å²) < 4.78 is 26.5. The molecule has 1 aliphatic rings. The second kappa shape index (κ2) is 5.92. The smallest absolute Gasteiger partial charge is 0.281 e. The first-order chi connectivity index (χ1) is 9.76. The molecule has 1 amide bonds. The van der Waals surface area contributed by atoms with Crippen LogP contribution in [0.15, 0.2) is 24.3 Å². The summed E-state index contributed by atoms with van der Waals surface area (Å²) in [5.41, 5.74) is 0.613. The summed E-state index contributed by atoms with van der Waals surface area (Å²) in [6.45, 7) is 0.445. The lowest BCUT2D eigenvalue weighted by atomic mass is 10.2. The van der Waals surface area contributed by atoms with E-state index >= 15 is 0 Å². The summed E-state index contributed by atoms with van der Waals surface area (Å²) in [6, 6.07) is 6.34. The summed E-state index contributed by atoms with van der Waals surface area (Å²) in [5.74, 6) is -0.254. The number of benzene rings is 1. The Morgan fingerprint density at radius 1 is 1.24 bits per heavy atom. The molecular weight excluding hydrogens is 314 g/mol. The molecule has 1 saturated heterocycles. The number of likely N-dealkylation sites (N-methyl/N-ethyl adjacent to an activating group) is 1. The molecule has 116 valence electrons. The Kier molecular flexibility index (Phi) is 4.57. The van der Waals surface area contributed by atoms with Gasteiger partial charge in [0.15, 0.2) is 0 Å². The lowest BCUT2D eigenvalue weighted by Crippen LogP contribution is -2.47. The summed E-state index contributed by atoms with van der Waals surface area (Å²) in [6.07, 6.45) is 0.438. The number of hydrogen-bond acceptors (Lipinski definition) is 3. The Balaban J connectivity index is 2.25. The van der Waals surface area contributed by atoms with Crippen molar-refractivity contribution in [3.05, 3.63) is 29.3 Å². The van der Waals surface area contributed by atoms with E-state index in [-0.39, 0.29) is 5.91 Å². The van der Waals surface area contributed by atoms with Crippen LogP contribution in [0.1, 0.15) is 6.42 Å². The minimum Gasteiger partial charge on any atom is -0.309 e. The van der Waals surface area contributed by atoms with E-state index in [0.717, 1.165) is 8.61 Å². The SMILES string of the molecule is CN(C)S(=O)(=O)N(C)[C@@H]1CCN(c2ccccc2Cl)C1=O. The Morgan fingerprint density at radius 3 is 2.43 bits per heavy atom. The molecule has 0 saturated carbocycles. The molecule has 0 bridgehead atoms. The fraction of sp³-hybridized carbons (Fsp3) is 0.462. The zero-order chi connectivity index (χ0) is 15.8. The molecule has 0 N–H and O–H groups in total. The highest BCUT2D eigenvalue weighted by Crippen LogP contribution is 2.30. The number of anilines is 1. The van der Waals surface area contributed by atoms with Crippen molar-refractivity contribution in [2.45, 2.75) is 12.5 Å². The van der Waals surface area contributed by atoms with E-state index in [4.69, 9.17) is 11.6 Å². The van der Waals surface area contributed by atoms with Gasteiger partial charge in [-0.1, -0.05) is 23.7 Å². The van der Waals surface area contributed by atoms with Gasteiger partial charge < -0.3 is 4.90 Å². The van der Waals surface area contributed by atoms with Gasteiger partial charge in [-0.2, -0.15) is 17.0 Å². The zero-order valence-electron chi connectivity index (χ0n) is 12.2. The van der Waals surface area contributed by atoms with Crippen LogP contribution in [0.2, 0.25) is 5.02 Å². The van der Waals surface area contributed by atoms with Crippen LogP contribution in [-0.2, 0) is 15.0 Å². The summed E-state index contributed by atoms with van der Waals surface area (Å²) in [5, 5.41) is 0.476. The highest BCUT2D eigenvalue weighted by Gasteiger charge is 2.40. The van der Waals surface area contributed by atoms with Crippen molar-refractivity contribution < 1.29 is 13.2 Å². The predicted octanol–water partition coefficient (Wildman–Crippen LogP) is 1.18. The number of carbonyl (C=O) groups excluding carboxylic acids is 1. The molecule has 0 radical (unpaired) electrons. The average Bonchev–Trinajstić information content (AvgIpc) is 2.80. The summed E-state index contributed by atoms with van der Waals surface area (Å²) in [4.78, 5) is 14.0. The van der Waals surface area contributed by atoms with Gasteiger partial charge in [0, 0.05) is 27.7 Å². The van der Waals surface area contributed by atoms with Gasteiger partial charge in [0.2, 0.25) is 5.91 Å². The molecule has 8 heteroatoms. The molecule has 6 nitrogen and oxygen atoms in total. The van der Waals surface area contributed by atoms with Crippen LogP contribution < -0.4 is 4.90 Å². The molecule has 2 rings (SSSR count). The van der Waals surface area contributed by atoms with Gasteiger partial charge in [-0.3, -0.25) is 4.79 Å². The third kappa shape index (κ3) is 2.91. The predicted molar refractivity (Wildman–Crippen MR) is 82.6 cm³/mol. The second-order valence-electron chi connectivity index (χ2n) is 5.05. The van der Waals surface area contributed by atoms with Crippen molar-refractivity contribution in [2.24, 2.45) is 0 Å². The maximum Gasteiger partial charge on any atom is 0.281 e. The molecule has 1 fully saturated rings.